The highest BCUT2D eigenvalue weighted by Gasteiger charge is 2.35. The Morgan fingerprint density at radius 2 is 1.79 bits per heavy atom. The van der Waals surface area contributed by atoms with Crippen LogP contribution in [0.25, 0.3) is 17.5 Å². The quantitative estimate of drug-likeness (QED) is 0.740. The van der Waals surface area contributed by atoms with E-state index in [1.165, 1.54) is 0 Å². The van der Waals surface area contributed by atoms with Gasteiger partial charge in [0.1, 0.15) is 0 Å². The van der Waals surface area contributed by atoms with E-state index in [0.29, 0.717) is 23.5 Å². The molecule has 0 spiro atoms. The van der Waals surface area contributed by atoms with E-state index in [4.69, 9.17) is 4.42 Å². The third-order valence-electron chi connectivity index (χ3n) is 3.91. The summed E-state index contributed by atoms with van der Waals surface area (Å²) in [6.45, 7) is 6.26. The first kappa shape index (κ1) is 14.6. The van der Waals surface area contributed by atoms with Gasteiger partial charge in [-0.3, -0.25) is 4.57 Å². The molecular formula is C17H18N6O. The fourth-order valence-corrected chi connectivity index (χ4v) is 2.91. The molecule has 0 N–H and O–H groups in total. The number of nitrogens with zero attached hydrogens (tertiary/aromatic N) is 6. The van der Waals surface area contributed by atoms with E-state index in [1.807, 2.05) is 53.2 Å². The molecule has 0 amide bonds. The summed E-state index contributed by atoms with van der Waals surface area (Å²) in [7, 11) is 0. The summed E-state index contributed by atoms with van der Waals surface area (Å²) >= 11 is 0. The van der Waals surface area contributed by atoms with Crippen LogP contribution in [0.1, 0.15) is 27.2 Å². The maximum atomic E-state index is 5.47. The number of furan rings is 1. The Morgan fingerprint density at radius 1 is 1.04 bits per heavy atom. The van der Waals surface area contributed by atoms with Gasteiger partial charge in [-0.15, -0.1) is 0 Å². The molecule has 3 aromatic heterocycles. The van der Waals surface area contributed by atoms with E-state index < -0.39 is 0 Å². The van der Waals surface area contributed by atoms with E-state index >= 15 is 0 Å². The summed E-state index contributed by atoms with van der Waals surface area (Å²) in [5, 5.41) is 6.48. The van der Waals surface area contributed by atoms with Crippen molar-refractivity contribution in [2.45, 2.75) is 32.7 Å². The lowest BCUT2D eigenvalue weighted by Gasteiger charge is -2.28. The summed E-state index contributed by atoms with van der Waals surface area (Å²) in [5.41, 5.74) is 0.877. The van der Waals surface area contributed by atoms with Crippen LogP contribution in [0.4, 0.5) is 5.95 Å². The minimum atomic E-state index is -0.181. The van der Waals surface area contributed by atoms with E-state index in [9.17, 15) is 0 Å². The molecule has 1 aliphatic heterocycles. The first-order valence-corrected chi connectivity index (χ1v) is 7.80. The smallest absolute Gasteiger partial charge is 0.252 e. The van der Waals surface area contributed by atoms with Gasteiger partial charge in [-0.05, 0) is 45.0 Å². The van der Waals surface area contributed by atoms with Crippen molar-refractivity contribution in [3.63, 3.8) is 0 Å². The molecule has 0 fully saturated rings. The fourth-order valence-electron chi connectivity index (χ4n) is 2.91. The molecule has 4 rings (SSSR count). The Hall–Kier alpha value is -2.96. The van der Waals surface area contributed by atoms with Gasteiger partial charge in [0.15, 0.2) is 5.76 Å². The maximum absolute atomic E-state index is 5.47. The van der Waals surface area contributed by atoms with Gasteiger partial charge in [0, 0.05) is 24.5 Å². The first-order valence-electron chi connectivity index (χ1n) is 7.80. The zero-order valence-electron chi connectivity index (χ0n) is 13.8. The van der Waals surface area contributed by atoms with Crippen molar-refractivity contribution < 1.29 is 4.42 Å². The zero-order valence-corrected chi connectivity index (χ0v) is 13.8. The van der Waals surface area contributed by atoms with Crippen molar-refractivity contribution in [3.05, 3.63) is 42.9 Å². The van der Waals surface area contributed by atoms with Gasteiger partial charge in [0.25, 0.3) is 5.95 Å². The number of hydrogen-bond donors (Lipinski definition) is 0. The van der Waals surface area contributed by atoms with E-state index in [0.717, 1.165) is 12.1 Å². The second-order valence-electron chi connectivity index (χ2n) is 6.46. The SMILES string of the molecule is CC1=NN(c2nc(-c3ccco3)nc(-n3cccc3)n2)C(C)(C)C1. The summed E-state index contributed by atoms with van der Waals surface area (Å²) in [6.07, 6.45) is 6.27. The van der Waals surface area contributed by atoms with Crippen LogP contribution < -0.4 is 5.01 Å². The van der Waals surface area contributed by atoms with Crippen LogP contribution in [0.15, 0.2) is 52.4 Å². The van der Waals surface area contributed by atoms with Crippen molar-refractivity contribution in [1.82, 2.24) is 19.5 Å². The molecule has 4 heterocycles. The van der Waals surface area contributed by atoms with E-state index in [1.54, 1.807) is 6.26 Å². The summed E-state index contributed by atoms with van der Waals surface area (Å²) < 4.78 is 7.31. The summed E-state index contributed by atoms with van der Waals surface area (Å²) in [4.78, 5) is 13.7. The molecule has 0 aliphatic carbocycles. The Morgan fingerprint density at radius 3 is 2.42 bits per heavy atom. The van der Waals surface area contributed by atoms with Crippen LogP contribution >= 0.6 is 0 Å². The Bertz CT molecular complexity index is 827. The molecule has 0 bridgehead atoms. The summed E-state index contributed by atoms with van der Waals surface area (Å²) in [6, 6.07) is 7.51. The molecule has 3 aromatic rings. The Kier molecular flexibility index (Phi) is 3.23. The standard InChI is InChI=1S/C17H18N6O/c1-12-11-17(2,3)23(21-12)16-19-14(13-7-6-10-24-13)18-15(20-16)22-8-4-5-9-22/h4-10H,11H2,1-3H3. The fraction of sp³-hybridized carbons (Fsp3) is 0.294. The third-order valence-corrected chi connectivity index (χ3v) is 3.91. The zero-order chi connectivity index (χ0) is 16.7. The van der Waals surface area contributed by atoms with Gasteiger partial charge in [0.05, 0.1) is 11.8 Å². The normalized spacial score (nSPS) is 16.5. The first-order chi connectivity index (χ1) is 11.5. The van der Waals surface area contributed by atoms with Gasteiger partial charge < -0.3 is 4.42 Å². The molecule has 122 valence electrons. The van der Waals surface area contributed by atoms with Crippen LogP contribution in [-0.4, -0.2) is 30.8 Å². The Labute approximate surface area is 139 Å². The minimum absolute atomic E-state index is 0.181. The predicted octanol–water partition coefficient (Wildman–Crippen LogP) is 3.29. The molecule has 7 heteroatoms. The van der Waals surface area contributed by atoms with Gasteiger partial charge in [-0.2, -0.15) is 20.1 Å². The van der Waals surface area contributed by atoms with Crippen LogP contribution in [0.5, 0.6) is 0 Å². The highest BCUT2D eigenvalue weighted by Crippen LogP contribution is 2.31. The van der Waals surface area contributed by atoms with Gasteiger partial charge in [-0.1, -0.05) is 0 Å². The molecular weight excluding hydrogens is 304 g/mol. The molecule has 0 atom stereocenters. The van der Waals surface area contributed by atoms with Crippen LogP contribution in [0.3, 0.4) is 0 Å². The lowest BCUT2D eigenvalue weighted by Crippen LogP contribution is -2.37. The average Bonchev–Trinajstić information content (AvgIpc) is 3.27. The van der Waals surface area contributed by atoms with E-state index in [-0.39, 0.29) is 5.54 Å². The lowest BCUT2D eigenvalue weighted by atomic mass is 9.99. The van der Waals surface area contributed by atoms with Gasteiger partial charge in [-0.25, -0.2) is 5.01 Å². The topological polar surface area (TPSA) is 72.3 Å². The highest BCUT2D eigenvalue weighted by molar-refractivity contribution is 5.86. The van der Waals surface area contributed by atoms with Crippen molar-refractivity contribution >= 4 is 11.7 Å². The number of rotatable bonds is 3. The van der Waals surface area contributed by atoms with Crippen molar-refractivity contribution in [3.8, 4) is 17.5 Å². The molecule has 0 unspecified atom stereocenters. The predicted molar refractivity (Wildman–Crippen MR) is 91.1 cm³/mol. The Balaban J connectivity index is 1.88. The third kappa shape index (κ3) is 2.47. The molecule has 0 saturated heterocycles. The molecule has 0 radical (unpaired) electrons. The number of anilines is 1. The van der Waals surface area contributed by atoms with Gasteiger partial charge in [0.2, 0.25) is 11.8 Å². The molecule has 7 nitrogen and oxygen atoms in total. The molecule has 1 aliphatic rings. The van der Waals surface area contributed by atoms with Crippen molar-refractivity contribution in [2.24, 2.45) is 5.10 Å². The van der Waals surface area contributed by atoms with Crippen LogP contribution in [0.2, 0.25) is 0 Å². The van der Waals surface area contributed by atoms with Crippen LogP contribution in [-0.2, 0) is 0 Å². The largest absolute Gasteiger partial charge is 0.461 e. The number of hydrogen-bond acceptors (Lipinski definition) is 6. The van der Waals surface area contributed by atoms with Gasteiger partial charge >= 0.3 is 0 Å². The van der Waals surface area contributed by atoms with Crippen molar-refractivity contribution in [1.29, 1.82) is 0 Å². The van der Waals surface area contributed by atoms with Crippen molar-refractivity contribution in [2.75, 3.05) is 5.01 Å². The highest BCUT2D eigenvalue weighted by atomic mass is 16.3. The average molecular weight is 322 g/mol. The maximum Gasteiger partial charge on any atom is 0.252 e. The second-order valence-corrected chi connectivity index (χ2v) is 6.46. The lowest BCUT2D eigenvalue weighted by molar-refractivity contribution is 0.504. The molecule has 0 saturated carbocycles. The molecule has 24 heavy (non-hydrogen) atoms. The van der Waals surface area contributed by atoms with Crippen LogP contribution in [0, 0.1) is 0 Å². The monoisotopic (exact) mass is 322 g/mol. The number of aromatic nitrogens is 4. The molecule has 0 aromatic carbocycles. The number of hydrazone groups is 1. The summed E-state index contributed by atoms with van der Waals surface area (Å²) in [5.74, 6) is 2.14. The second kappa shape index (κ2) is 5.30. The van der Waals surface area contributed by atoms with E-state index in [2.05, 4.69) is 33.9 Å². The minimum Gasteiger partial charge on any atom is -0.461 e.